The SMILES string of the molecule is CCOC(=O)[C@H]1C(=O)NC(N2CCN(C=O)CC2)=N[C@@H]1c1ccc(C)cc1. The molecule has 144 valence electrons. The third-order valence-corrected chi connectivity index (χ3v) is 4.82. The molecule has 0 unspecified atom stereocenters. The van der Waals surface area contributed by atoms with Gasteiger partial charge in [0.15, 0.2) is 5.92 Å². The summed E-state index contributed by atoms with van der Waals surface area (Å²) in [6.07, 6.45) is 0.824. The summed E-state index contributed by atoms with van der Waals surface area (Å²) in [6, 6.07) is 6.99. The van der Waals surface area contributed by atoms with Crippen molar-refractivity contribution >= 4 is 24.2 Å². The van der Waals surface area contributed by atoms with Gasteiger partial charge in [-0.15, -0.1) is 0 Å². The van der Waals surface area contributed by atoms with Crippen LogP contribution in [-0.2, 0) is 19.1 Å². The minimum Gasteiger partial charge on any atom is -0.465 e. The lowest BCUT2D eigenvalue weighted by Gasteiger charge is -2.37. The van der Waals surface area contributed by atoms with Crippen LogP contribution in [0.3, 0.4) is 0 Å². The number of rotatable bonds is 4. The number of hydrogen-bond donors (Lipinski definition) is 1. The topological polar surface area (TPSA) is 91.3 Å². The second kappa shape index (κ2) is 8.20. The number of guanidine groups is 1. The highest BCUT2D eigenvalue weighted by Crippen LogP contribution is 2.31. The van der Waals surface area contributed by atoms with Gasteiger partial charge in [0.2, 0.25) is 18.3 Å². The molecule has 1 aromatic carbocycles. The van der Waals surface area contributed by atoms with Gasteiger partial charge in [0.05, 0.1) is 6.61 Å². The van der Waals surface area contributed by atoms with E-state index in [9.17, 15) is 14.4 Å². The molecule has 0 radical (unpaired) electrons. The van der Waals surface area contributed by atoms with Gasteiger partial charge in [-0.3, -0.25) is 19.7 Å². The van der Waals surface area contributed by atoms with E-state index in [0.717, 1.165) is 17.5 Å². The van der Waals surface area contributed by atoms with E-state index in [1.165, 1.54) is 0 Å². The molecule has 2 heterocycles. The molecular weight excluding hydrogens is 348 g/mol. The quantitative estimate of drug-likeness (QED) is 0.471. The van der Waals surface area contributed by atoms with E-state index in [2.05, 4.69) is 5.32 Å². The molecule has 3 rings (SSSR count). The first-order valence-corrected chi connectivity index (χ1v) is 9.09. The average molecular weight is 372 g/mol. The molecule has 0 bridgehead atoms. The third kappa shape index (κ3) is 4.10. The standard InChI is InChI=1S/C19H24N4O4/c1-3-27-18(26)15-16(14-6-4-13(2)5-7-14)20-19(21-17(15)25)23-10-8-22(12-24)9-11-23/h4-7,12,15-16H,3,8-11H2,1-2H3,(H,20,21,25)/t15-,16-/m1/s1. The minimum atomic E-state index is -1.02. The van der Waals surface area contributed by atoms with Crippen molar-refractivity contribution in [3.05, 3.63) is 35.4 Å². The number of hydrogen-bond acceptors (Lipinski definition) is 6. The van der Waals surface area contributed by atoms with Crippen LogP contribution in [0, 0.1) is 12.8 Å². The van der Waals surface area contributed by atoms with Crippen LogP contribution in [0.1, 0.15) is 24.1 Å². The zero-order chi connectivity index (χ0) is 19.4. The molecule has 1 N–H and O–H groups in total. The van der Waals surface area contributed by atoms with E-state index in [4.69, 9.17) is 9.73 Å². The average Bonchev–Trinajstić information content (AvgIpc) is 2.68. The van der Waals surface area contributed by atoms with Gasteiger partial charge in [0, 0.05) is 26.2 Å². The summed E-state index contributed by atoms with van der Waals surface area (Å²) >= 11 is 0. The summed E-state index contributed by atoms with van der Waals surface area (Å²) in [5.41, 5.74) is 1.87. The van der Waals surface area contributed by atoms with Crippen LogP contribution in [-0.4, -0.2) is 66.8 Å². The van der Waals surface area contributed by atoms with Crippen molar-refractivity contribution in [1.29, 1.82) is 0 Å². The van der Waals surface area contributed by atoms with Gasteiger partial charge in [0.25, 0.3) is 0 Å². The maximum absolute atomic E-state index is 12.7. The number of nitrogens with zero attached hydrogens (tertiary/aromatic N) is 3. The number of carbonyl (C=O) groups excluding carboxylic acids is 3. The van der Waals surface area contributed by atoms with Gasteiger partial charge in [0.1, 0.15) is 6.04 Å². The zero-order valence-electron chi connectivity index (χ0n) is 15.6. The first kappa shape index (κ1) is 18.9. The summed E-state index contributed by atoms with van der Waals surface area (Å²) in [4.78, 5) is 44.4. The van der Waals surface area contributed by atoms with Crippen LogP contribution in [0.15, 0.2) is 29.3 Å². The van der Waals surface area contributed by atoms with Crippen LogP contribution in [0.4, 0.5) is 0 Å². The van der Waals surface area contributed by atoms with Crippen molar-refractivity contribution < 1.29 is 19.1 Å². The lowest BCUT2D eigenvalue weighted by Crippen LogP contribution is -2.57. The Kier molecular flexibility index (Phi) is 5.73. The van der Waals surface area contributed by atoms with E-state index >= 15 is 0 Å². The van der Waals surface area contributed by atoms with Crippen LogP contribution in [0.5, 0.6) is 0 Å². The predicted octanol–water partition coefficient (Wildman–Crippen LogP) is 0.475. The van der Waals surface area contributed by atoms with Gasteiger partial charge < -0.3 is 14.5 Å². The first-order valence-electron chi connectivity index (χ1n) is 9.09. The molecule has 1 saturated heterocycles. The van der Waals surface area contributed by atoms with Crippen molar-refractivity contribution in [3.8, 4) is 0 Å². The molecule has 0 spiro atoms. The van der Waals surface area contributed by atoms with E-state index in [1.54, 1.807) is 11.8 Å². The second-order valence-electron chi connectivity index (χ2n) is 6.66. The number of piperazine rings is 1. The number of esters is 1. The maximum Gasteiger partial charge on any atom is 0.321 e. The third-order valence-electron chi connectivity index (χ3n) is 4.82. The molecular formula is C19H24N4O4. The molecule has 8 heteroatoms. The van der Waals surface area contributed by atoms with Crippen molar-refractivity contribution in [3.63, 3.8) is 0 Å². The molecule has 2 atom stereocenters. The number of ether oxygens (including phenoxy) is 1. The largest absolute Gasteiger partial charge is 0.465 e. The number of aryl methyl sites for hydroxylation is 1. The van der Waals surface area contributed by atoms with Crippen LogP contribution < -0.4 is 5.32 Å². The van der Waals surface area contributed by atoms with E-state index in [1.807, 2.05) is 36.1 Å². The monoisotopic (exact) mass is 372 g/mol. The van der Waals surface area contributed by atoms with Gasteiger partial charge >= 0.3 is 5.97 Å². The zero-order valence-corrected chi connectivity index (χ0v) is 15.6. The van der Waals surface area contributed by atoms with Gasteiger partial charge in [-0.2, -0.15) is 0 Å². The van der Waals surface area contributed by atoms with E-state index in [0.29, 0.717) is 32.1 Å². The molecule has 1 fully saturated rings. The molecule has 1 aromatic rings. The predicted molar refractivity (Wildman–Crippen MR) is 98.8 cm³/mol. The van der Waals surface area contributed by atoms with Crippen molar-refractivity contribution in [2.24, 2.45) is 10.9 Å². The number of benzene rings is 1. The smallest absolute Gasteiger partial charge is 0.321 e. The Labute approximate surface area is 158 Å². The fourth-order valence-electron chi connectivity index (χ4n) is 3.27. The van der Waals surface area contributed by atoms with E-state index in [-0.39, 0.29) is 6.61 Å². The molecule has 27 heavy (non-hydrogen) atoms. The number of nitrogens with one attached hydrogen (secondary N) is 1. The van der Waals surface area contributed by atoms with Gasteiger partial charge in [-0.1, -0.05) is 29.8 Å². The Hall–Kier alpha value is -2.90. The van der Waals surface area contributed by atoms with Crippen molar-refractivity contribution in [2.75, 3.05) is 32.8 Å². The second-order valence-corrected chi connectivity index (χ2v) is 6.66. The number of amides is 2. The molecule has 0 aromatic heterocycles. The fraction of sp³-hybridized carbons (Fsp3) is 0.474. The van der Waals surface area contributed by atoms with Crippen LogP contribution in [0.25, 0.3) is 0 Å². The maximum atomic E-state index is 12.7. The highest BCUT2D eigenvalue weighted by atomic mass is 16.5. The van der Waals surface area contributed by atoms with E-state index < -0.39 is 23.8 Å². The van der Waals surface area contributed by atoms with Crippen LogP contribution >= 0.6 is 0 Å². The highest BCUT2D eigenvalue weighted by molar-refractivity contribution is 6.08. The van der Waals surface area contributed by atoms with Gasteiger partial charge in [-0.05, 0) is 19.4 Å². The van der Waals surface area contributed by atoms with Crippen molar-refractivity contribution in [2.45, 2.75) is 19.9 Å². The number of aliphatic imine (C=N–C) groups is 1. The normalized spacial score (nSPS) is 22.7. The van der Waals surface area contributed by atoms with Gasteiger partial charge in [-0.25, -0.2) is 4.99 Å². The Morgan fingerprint density at radius 2 is 1.93 bits per heavy atom. The molecule has 0 aliphatic carbocycles. The summed E-state index contributed by atoms with van der Waals surface area (Å²) in [7, 11) is 0. The summed E-state index contributed by atoms with van der Waals surface area (Å²) in [5, 5.41) is 2.75. The molecule has 2 aliphatic heterocycles. The Morgan fingerprint density at radius 1 is 1.26 bits per heavy atom. The highest BCUT2D eigenvalue weighted by Gasteiger charge is 2.42. The summed E-state index contributed by atoms with van der Waals surface area (Å²) < 4.78 is 5.11. The lowest BCUT2D eigenvalue weighted by atomic mass is 9.91. The molecule has 8 nitrogen and oxygen atoms in total. The summed E-state index contributed by atoms with van der Waals surface area (Å²) in [5.74, 6) is -1.57. The first-order chi connectivity index (χ1) is 13.0. The minimum absolute atomic E-state index is 0.202. The lowest BCUT2D eigenvalue weighted by molar-refractivity contribution is -0.153. The van der Waals surface area contributed by atoms with Crippen molar-refractivity contribution in [1.82, 2.24) is 15.1 Å². The molecule has 2 amide bonds. The Morgan fingerprint density at radius 3 is 2.52 bits per heavy atom. The van der Waals surface area contributed by atoms with Crippen LogP contribution in [0.2, 0.25) is 0 Å². The Balaban J connectivity index is 1.91. The summed E-state index contributed by atoms with van der Waals surface area (Å²) in [6.45, 7) is 6.16. The number of carbonyl (C=O) groups is 3. The molecule has 0 saturated carbocycles. The molecule has 2 aliphatic rings. The Bertz CT molecular complexity index is 739. The fourth-order valence-corrected chi connectivity index (χ4v) is 3.27.